The van der Waals surface area contributed by atoms with Crippen molar-refractivity contribution in [1.29, 1.82) is 0 Å². The highest BCUT2D eigenvalue weighted by atomic mass is 16.1. The Bertz CT molecular complexity index is 445. The molecular formula is C8H10N6O. The van der Waals surface area contributed by atoms with Gasteiger partial charge in [0.1, 0.15) is 18.5 Å². The Kier molecular flexibility index (Phi) is 2.53. The molecule has 78 valence electrons. The Labute approximate surface area is 85.6 Å². The number of rotatable bonds is 4. The van der Waals surface area contributed by atoms with E-state index in [0.717, 1.165) is 0 Å². The maximum Gasteiger partial charge on any atom is 0.207 e. The molecule has 2 aromatic rings. The largest absolute Gasteiger partial charge is 0.290 e. The lowest BCUT2D eigenvalue weighted by Crippen LogP contribution is -2.12. The summed E-state index contributed by atoms with van der Waals surface area (Å²) in [5.41, 5.74) is 0. The van der Waals surface area contributed by atoms with Crippen LogP contribution in [-0.4, -0.2) is 35.7 Å². The van der Waals surface area contributed by atoms with Crippen molar-refractivity contribution >= 4 is 5.78 Å². The number of hydrogen-bond donors (Lipinski definition) is 1. The molecule has 2 rings (SSSR count). The van der Waals surface area contributed by atoms with Gasteiger partial charge in [-0.3, -0.25) is 9.89 Å². The lowest BCUT2D eigenvalue weighted by atomic mass is 10.2. The molecule has 0 atom stereocenters. The van der Waals surface area contributed by atoms with Crippen LogP contribution in [0, 0.1) is 0 Å². The molecule has 0 radical (unpaired) electrons. The van der Waals surface area contributed by atoms with Gasteiger partial charge in [0, 0.05) is 6.54 Å². The molecule has 2 heterocycles. The summed E-state index contributed by atoms with van der Waals surface area (Å²) in [5, 5.41) is 10.1. The fourth-order valence-corrected chi connectivity index (χ4v) is 1.26. The van der Waals surface area contributed by atoms with Crippen LogP contribution in [0.1, 0.15) is 23.4 Å². The van der Waals surface area contributed by atoms with Crippen molar-refractivity contribution in [2.24, 2.45) is 0 Å². The number of H-pyrrole nitrogens is 1. The van der Waals surface area contributed by atoms with Crippen LogP contribution >= 0.6 is 0 Å². The third-order valence-electron chi connectivity index (χ3n) is 1.99. The van der Waals surface area contributed by atoms with E-state index in [-0.39, 0.29) is 18.0 Å². The first kappa shape index (κ1) is 9.50. The number of Topliss-reactive ketones (excluding diaryl/α,β-unsaturated/α-hetero) is 1. The Balaban J connectivity index is 2.13. The number of carbonyl (C=O) groups is 1. The van der Waals surface area contributed by atoms with Gasteiger partial charge in [-0.2, -0.15) is 10.2 Å². The minimum Gasteiger partial charge on any atom is -0.290 e. The number of aromatic amines is 1. The van der Waals surface area contributed by atoms with Gasteiger partial charge in [0.25, 0.3) is 0 Å². The summed E-state index contributed by atoms with van der Waals surface area (Å²) in [5.74, 6) is 0.745. The van der Waals surface area contributed by atoms with Crippen molar-refractivity contribution in [3.05, 3.63) is 24.3 Å². The second-order valence-corrected chi connectivity index (χ2v) is 2.93. The summed E-state index contributed by atoms with van der Waals surface area (Å²) >= 11 is 0. The first-order valence-corrected chi connectivity index (χ1v) is 4.56. The number of aromatic nitrogens is 6. The van der Waals surface area contributed by atoms with Crippen LogP contribution in [0.15, 0.2) is 12.7 Å². The summed E-state index contributed by atoms with van der Waals surface area (Å²) < 4.78 is 1.67. The molecule has 0 aliphatic rings. The van der Waals surface area contributed by atoms with Crippen molar-refractivity contribution in [3.8, 4) is 0 Å². The second-order valence-electron chi connectivity index (χ2n) is 2.93. The molecule has 2 aromatic heterocycles. The SMILES string of the molecule is CCn1ncnc1CC(=O)c1ncn[nH]1. The molecule has 15 heavy (non-hydrogen) atoms. The minimum absolute atomic E-state index is 0.143. The second kappa shape index (κ2) is 3.99. The van der Waals surface area contributed by atoms with E-state index in [1.807, 2.05) is 6.92 Å². The van der Waals surface area contributed by atoms with E-state index in [4.69, 9.17) is 0 Å². The number of aryl methyl sites for hydroxylation is 1. The van der Waals surface area contributed by atoms with Crippen LogP contribution in [-0.2, 0) is 13.0 Å². The van der Waals surface area contributed by atoms with Crippen LogP contribution in [0.4, 0.5) is 0 Å². The first-order valence-electron chi connectivity index (χ1n) is 4.56. The molecule has 0 unspecified atom stereocenters. The maximum atomic E-state index is 11.6. The molecule has 0 bridgehead atoms. The third-order valence-corrected chi connectivity index (χ3v) is 1.99. The lowest BCUT2D eigenvalue weighted by molar-refractivity contribution is 0.0980. The van der Waals surface area contributed by atoms with Gasteiger partial charge in [0.15, 0.2) is 5.82 Å². The molecule has 0 aliphatic carbocycles. The average Bonchev–Trinajstić information content (AvgIpc) is 2.87. The van der Waals surface area contributed by atoms with Gasteiger partial charge < -0.3 is 0 Å². The Hall–Kier alpha value is -2.05. The highest BCUT2D eigenvalue weighted by Crippen LogP contribution is 2.00. The van der Waals surface area contributed by atoms with Gasteiger partial charge in [0.05, 0.1) is 6.42 Å². The molecule has 0 aromatic carbocycles. The molecule has 0 spiro atoms. The fraction of sp³-hybridized carbons (Fsp3) is 0.375. The van der Waals surface area contributed by atoms with E-state index >= 15 is 0 Å². The van der Waals surface area contributed by atoms with E-state index in [1.54, 1.807) is 4.68 Å². The summed E-state index contributed by atoms with van der Waals surface area (Å²) in [4.78, 5) is 19.4. The van der Waals surface area contributed by atoms with E-state index in [1.165, 1.54) is 12.7 Å². The molecule has 7 heteroatoms. The van der Waals surface area contributed by atoms with Crippen molar-refractivity contribution in [1.82, 2.24) is 29.9 Å². The molecule has 0 fully saturated rings. The topological polar surface area (TPSA) is 89.3 Å². The van der Waals surface area contributed by atoms with Gasteiger partial charge in [-0.1, -0.05) is 0 Å². The highest BCUT2D eigenvalue weighted by molar-refractivity contribution is 5.93. The summed E-state index contributed by atoms with van der Waals surface area (Å²) in [7, 11) is 0. The van der Waals surface area contributed by atoms with Crippen molar-refractivity contribution < 1.29 is 4.79 Å². The van der Waals surface area contributed by atoms with Gasteiger partial charge >= 0.3 is 0 Å². The standard InChI is InChI=1S/C8H10N6O/c1-2-14-7(9-5-12-14)3-6(15)8-10-4-11-13-8/h4-5H,2-3H2,1H3,(H,10,11,13). The van der Waals surface area contributed by atoms with Crippen LogP contribution in [0.5, 0.6) is 0 Å². The van der Waals surface area contributed by atoms with E-state index in [9.17, 15) is 4.79 Å². The number of ketones is 1. The molecule has 0 amide bonds. The molecule has 0 saturated carbocycles. The van der Waals surface area contributed by atoms with E-state index in [0.29, 0.717) is 12.4 Å². The quantitative estimate of drug-likeness (QED) is 0.702. The van der Waals surface area contributed by atoms with Crippen molar-refractivity contribution in [2.45, 2.75) is 19.9 Å². The predicted octanol–water partition coefficient (Wildman–Crippen LogP) is -0.159. The van der Waals surface area contributed by atoms with Gasteiger partial charge in [-0.25, -0.2) is 14.6 Å². The summed E-state index contributed by atoms with van der Waals surface area (Å²) in [6, 6.07) is 0. The van der Waals surface area contributed by atoms with Crippen molar-refractivity contribution in [2.75, 3.05) is 0 Å². The first-order chi connectivity index (χ1) is 7.31. The third kappa shape index (κ3) is 1.90. The summed E-state index contributed by atoms with van der Waals surface area (Å²) in [6.07, 6.45) is 2.92. The zero-order valence-electron chi connectivity index (χ0n) is 8.21. The molecule has 7 nitrogen and oxygen atoms in total. The van der Waals surface area contributed by atoms with Crippen LogP contribution in [0.3, 0.4) is 0 Å². The van der Waals surface area contributed by atoms with E-state index < -0.39 is 0 Å². The Morgan fingerprint density at radius 2 is 2.33 bits per heavy atom. The molecule has 0 aliphatic heterocycles. The Morgan fingerprint density at radius 3 is 3.00 bits per heavy atom. The van der Waals surface area contributed by atoms with Crippen LogP contribution in [0.2, 0.25) is 0 Å². The smallest absolute Gasteiger partial charge is 0.207 e. The van der Waals surface area contributed by atoms with Gasteiger partial charge in [0.2, 0.25) is 5.78 Å². The zero-order chi connectivity index (χ0) is 10.7. The zero-order valence-corrected chi connectivity index (χ0v) is 8.21. The monoisotopic (exact) mass is 206 g/mol. The lowest BCUT2D eigenvalue weighted by Gasteiger charge is -1.99. The normalized spacial score (nSPS) is 10.5. The highest BCUT2D eigenvalue weighted by Gasteiger charge is 2.13. The molecule has 0 saturated heterocycles. The number of nitrogens with zero attached hydrogens (tertiary/aromatic N) is 5. The molecular weight excluding hydrogens is 196 g/mol. The van der Waals surface area contributed by atoms with Crippen LogP contribution < -0.4 is 0 Å². The minimum atomic E-state index is -0.143. The fourth-order valence-electron chi connectivity index (χ4n) is 1.26. The maximum absolute atomic E-state index is 11.6. The predicted molar refractivity (Wildman–Crippen MR) is 50.1 cm³/mol. The summed E-state index contributed by atoms with van der Waals surface area (Å²) in [6.45, 7) is 2.64. The number of carbonyl (C=O) groups excluding carboxylic acids is 1. The van der Waals surface area contributed by atoms with Crippen LogP contribution in [0.25, 0.3) is 0 Å². The number of nitrogens with one attached hydrogen (secondary N) is 1. The van der Waals surface area contributed by atoms with E-state index in [2.05, 4.69) is 25.3 Å². The van der Waals surface area contributed by atoms with Crippen molar-refractivity contribution in [3.63, 3.8) is 0 Å². The average molecular weight is 206 g/mol. The van der Waals surface area contributed by atoms with Gasteiger partial charge in [-0.05, 0) is 6.92 Å². The van der Waals surface area contributed by atoms with Gasteiger partial charge in [-0.15, -0.1) is 0 Å². The molecule has 1 N–H and O–H groups in total. The Morgan fingerprint density at radius 1 is 1.47 bits per heavy atom. The number of hydrogen-bond acceptors (Lipinski definition) is 5.